The molecule has 15 heteroatoms. The average Bonchev–Trinajstić information content (AvgIpc) is 3.67. The molecule has 1 saturated heterocycles. The Labute approximate surface area is 259 Å². The number of benzene rings is 1. The summed E-state index contributed by atoms with van der Waals surface area (Å²) in [7, 11) is 0. The van der Waals surface area contributed by atoms with Crippen LogP contribution in [0.15, 0.2) is 65.0 Å². The monoisotopic (exact) mass is 612 g/mol. The van der Waals surface area contributed by atoms with Gasteiger partial charge in [-0.3, -0.25) is 4.79 Å². The maximum absolute atomic E-state index is 13.2. The van der Waals surface area contributed by atoms with E-state index in [2.05, 4.69) is 41.8 Å². The molecule has 0 bridgehead atoms. The smallest absolute Gasteiger partial charge is 0.410 e. The number of aromatic nitrogens is 7. The lowest BCUT2D eigenvalue weighted by atomic mass is 9.84. The van der Waals surface area contributed by atoms with Crippen LogP contribution in [0, 0.1) is 11.3 Å². The van der Waals surface area contributed by atoms with Crippen LogP contribution >= 0.6 is 0 Å². The predicted octanol–water partition coefficient (Wildman–Crippen LogP) is 2.79. The lowest BCUT2D eigenvalue weighted by Crippen LogP contribution is -2.52. The second-order valence-electron chi connectivity index (χ2n) is 11.9. The molecule has 0 aliphatic carbocycles. The van der Waals surface area contributed by atoms with E-state index in [1.807, 2.05) is 39.0 Å². The molecule has 4 N–H and O–H groups in total. The van der Waals surface area contributed by atoms with Crippen molar-refractivity contribution in [1.82, 2.24) is 39.9 Å². The first-order valence-electron chi connectivity index (χ1n) is 14.5. The maximum Gasteiger partial charge on any atom is 0.410 e. The number of aliphatic imine (C=N–C) groups is 1. The van der Waals surface area contributed by atoms with Gasteiger partial charge in [0.25, 0.3) is 5.56 Å². The van der Waals surface area contributed by atoms with E-state index < -0.39 is 22.8 Å². The van der Waals surface area contributed by atoms with Crippen LogP contribution in [-0.4, -0.2) is 76.0 Å². The van der Waals surface area contributed by atoms with E-state index in [1.165, 1.54) is 6.20 Å². The third kappa shape index (κ3) is 7.91. The Balaban J connectivity index is 1.43. The Morgan fingerprint density at radius 2 is 1.64 bits per heavy atom. The third-order valence-electron chi connectivity index (χ3n) is 7.27. The number of carbonyl (C=O) groups is 1. The van der Waals surface area contributed by atoms with Gasteiger partial charge in [-0.1, -0.05) is 6.07 Å². The first kappa shape index (κ1) is 30.9. The van der Waals surface area contributed by atoms with Gasteiger partial charge in [0.15, 0.2) is 0 Å². The number of rotatable bonds is 9. The number of amidine groups is 1. The minimum absolute atomic E-state index is 0.00447. The average molecular weight is 613 g/mol. The van der Waals surface area contributed by atoms with E-state index in [-0.39, 0.29) is 17.8 Å². The van der Waals surface area contributed by atoms with Crippen LogP contribution in [0.5, 0.6) is 0 Å². The van der Waals surface area contributed by atoms with Gasteiger partial charge in [-0.15, -0.1) is 0 Å². The van der Waals surface area contributed by atoms with Crippen molar-refractivity contribution in [3.05, 3.63) is 82.3 Å². The number of pyridine rings is 1. The number of carbonyl (C=O) groups excluding carboxylic acids is 1. The molecule has 1 fully saturated rings. The van der Waals surface area contributed by atoms with Crippen molar-refractivity contribution >= 4 is 23.3 Å². The molecular formula is C30H36N12O3. The zero-order chi connectivity index (χ0) is 32.0. The minimum Gasteiger partial charge on any atom is -0.444 e. The van der Waals surface area contributed by atoms with Gasteiger partial charge >= 0.3 is 6.09 Å². The highest BCUT2D eigenvalue weighted by Crippen LogP contribution is 2.32. The highest BCUT2D eigenvalue weighted by atomic mass is 16.6. The number of nitriles is 1. The number of ether oxygens (including phenoxy) is 1. The Bertz CT molecular complexity index is 1690. The first-order chi connectivity index (χ1) is 21.5. The molecule has 1 aliphatic rings. The number of nitrogens with zero attached hydrogens (tertiary/aromatic N) is 9. The summed E-state index contributed by atoms with van der Waals surface area (Å²) in [5, 5.41) is 29.9. The summed E-state index contributed by atoms with van der Waals surface area (Å²) in [4.78, 5) is 37.9. The fraction of sp³-hybridized carbons (Fsp3) is 0.400. The second-order valence-corrected chi connectivity index (χ2v) is 11.9. The lowest BCUT2D eigenvalue weighted by Gasteiger charge is -2.42. The SMILES string of the molecule is CC(C)(C)OC(=O)N1CCC(CC#N)(Nc2cc[nH]c(=O)c2C(N)=Nc2cc(Cn3nccn3)cc(Cn3nccn3)c2)CC1. The van der Waals surface area contributed by atoms with E-state index in [9.17, 15) is 14.9 Å². The number of nitrogens with two attached hydrogens (primary N) is 1. The summed E-state index contributed by atoms with van der Waals surface area (Å²) in [5.41, 5.74) is 7.65. The molecule has 0 atom stereocenters. The fourth-order valence-corrected chi connectivity index (χ4v) is 5.23. The summed E-state index contributed by atoms with van der Waals surface area (Å²) < 4.78 is 5.53. The predicted molar refractivity (Wildman–Crippen MR) is 166 cm³/mol. The number of anilines is 1. The molecule has 1 amide bonds. The normalized spacial score (nSPS) is 15.0. The second kappa shape index (κ2) is 13.0. The molecule has 0 unspecified atom stereocenters. The minimum atomic E-state index is -0.698. The van der Waals surface area contributed by atoms with Crippen LogP contribution in [0.3, 0.4) is 0 Å². The molecule has 0 radical (unpaired) electrons. The van der Waals surface area contributed by atoms with Crippen LogP contribution in [0.2, 0.25) is 0 Å². The number of amides is 1. The molecule has 1 aliphatic heterocycles. The summed E-state index contributed by atoms with van der Waals surface area (Å²) >= 11 is 0. The van der Waals surface area contributed by atoms with Gasteiger partial charge in [0.1, 0.15) is 17.0 Å². The van der Waals surface area contributed by atoms with E-state index in [0.29, 0.717) is 50.4 Å². The summed E-state index contributed by atoms with van der Waals surface area (Å²) in [5.74, 6) is -0.00447. The topological polar surface area (TPSA) is 198 Å². The zero-order valence-corrected chi connectivity index (χ0v) is 25.5. The Morgan fingerprint density at radius 3 is 2.18 bits per heavy atom. The van der Waals surface area contributed by atoms with Crippen LogP contribution in [-0.2, 0) is 17.8 Å². The summed E-state index contributed by atoms with van der Waals surface area (Å²) in [6.45, 7) is 7.02. The van der Waals surface area contributed by atoms with Crippen molar-refractivity contribution < 1.29 is 9.53 Å². The summed E-state index contributed by atoms with van der Waals surface area (Å²) in [6, 6.07) is 9.65. The number of nitrogens with one attached hydrogen (secondary N) is 2. The largest absolute Gasteiger partial charge is 0.444 e. The van der Waals surface area contributed by atoms with Gasteiger partial charge in [0, 0.05) is 19.3 Å². The molecule has 4 aromatic rings. The van der Waals surface area contributed by atoms with Gasteiger partial charge < -0.3 is 25.7 Å². The molecule has 3 aromatic heterocycles. The molecule has 15 nitrogen and oxygen atoms in total. The molecule has 1 aromatic carbocycles. The first-order valence-corrected chi connectivity index (χ1v) is 14.5. The molecule has 45 heavy (non-hydrogen) atoms. The maximum atomic E-state index is 13.2. The van der Waals surface area contributed by atoms with Crippen LogP contribution in [0.4, 0.5) is 16.2 Å². The number of piperidine rings is 1. The van der Waals surface area contributed by atoms with Crippen molar-refractivity contribution in [3.8, 4) is 6.07 Å². The van der Waals surface area contributed by atoms with E-state index in [1.54, 1.807) is 45.3 Å². The zero-order valence-electron chi connectivity index (χ0n) is 25.5. The van der Waals surface area contributed by atoms with Gasteiger partial charge in [0.2, 0.25) is 0 Å². The number of likely N-dealkylation sites (tertiary alicyclic amines) is 1. The summed E-state index contributed by atoms with van der Waals surface area (Å²) in [6.07, 6.45) is 8.63. The number of hydrogen-bond donors (Lipinski definition) is 3. The van der Waals surface area contributed by atoms with Crippen molar-refractivity contribution in [2.24, 2.45) is 10.7 Å². The Hall–Kier alpha value is -5.52. The van der Waals surface area contributed by atoms with Crippen molar-refractivity contribution in [2.45, 2.75) is 64.3 Å². The van der Waals surface area contributed by atoms with Gasteiger partial charge in [-0.05, 0) is 62.9 Å². The van der Waals surface area contributed by atoms with E-state index >= 15 is 0 Å². The van der Waals surface area contributed by atoms with Crippen molar-refractivity contribution in [2.75, 3.05) is 18.4 Å². The van der Waals surface area contributed by atoms with Gasteiger partial charge in [-0.2, -0.15) is 35.2 Å². The Morgan fingerprint density at radius 1 is 1.07 bits per heavy atom. The molecule has 5 rings (SSSR count). The highest BCUT2D eigenvalue weighted by molar-refractivity contribution is 6.03. The third-order valence-corrected chi connectivity index (χ3v) is 7.27. The van der Waals surface area contributed by atoms with Crippen LogP contribution in [0.25, 0.3) is 0 Å². The van der Waals surface area contributed by atoms with Crippen molar-refractivity contribution in [1.29, 1.82) is 5.26 Å². The van der Waals surface area contributed by atoms with E-state index in [0.717, 1.165) is 11.1 Å². The molecular weight excluding hydrogens is 576 g/mol. The Kier molecular flexibility index (Phi) is 8.93. The van der Waals surface area contributed by atoms with Gasteiger partial charge in [0.05, 0.1) is 67.3 Å². The molecule has 0 spiro atoms. The highest BCUT2D eigenvalue weighted by Gasteiger charge is 2.38. The molecule has 4 heterocycles. The quantitative estimate of drug-likeness (QED) is 0.187. The van der Waals surface area contributed by atoms with Crippen molar-refractivity contribution in [3.63, 3.8) is 0 Å². The fourth-order valence-electron chi connectivity index (χ4n) is 5.23. The van der Waals surface area contributed by atoms with Gasteiger partial charge in [-0.25, -0.2) is 9.79 Å². The molecule has 0 saturated carbocycles. The number of aromatic amines is 1. The number of hydrogen-bond acceptors (Lipinski definition) is 10. The van der Waals surface area contributed by atoms with Crippen LogP contribution in [0.1, 0.15) is 56.7 Å². The lowest BCUT2D eigenvalue weighted by molar-refractivity contribution is 0.0179. The molecule has 234 valence electrons. The van der Waals surface area contributed by atoms with E-state index in [4.69, 9.17) is 10.5 Å². The number of H-pyrrole nitrogens is 1. The van der Waals surface area contributed by atoms with Crippen LogP contribution < -0.4 is 16.6 Å². The standard InChI is InChI=1S/C30H36N12O3/c1-29(2,3)45-28(44)40-14-6-30(5-8-31,7-15-40)39-24-4-9-33-27(43)25(24)26(32)38-23-17-21(19-41-34-10-11-35-41)16-22(18-23)20-42-36-12-13-37-42/h4,9-13,16-18H,5-7,14-15,19-20H2,1-3H3,(H2,32,38)(H2,33,39,43).